The van der Waals surface area contributed by atoms with Crippen LogP contribution < -0.4 is 10.2 Å². The van der Waals surface area contributed by atoms with Crippen molar-refractivity contribution in [1.82, 2.24) is 25.1 Å². The summed E-state index contributed by atoms with van der Waals surface area (Å²) in [6.07, 6.45) is 5.61. The summed E-state index contributed by atoms with van der Waals surface area (Å²) < 4.78 is 0. The van der Waals surface area contributed by atoms with Gasteiger partial charge in [0.25, 0.3) is 0 Å². The Balaban J connectivity index is 1.29. The van der Waals surface area contributed by atoms with E-state index in [9.17, 15) is 0 Å². The summed E-state index contributed by atoms with van der Waals surface area (Å²) in [6.45, 7) is 4.50. The van der Waals surface area contributed by atoms with Gasteiger partial charge in [0.15, 0.2) is 5.82 Å². The average molecular weight is 325 g/mol. The largest absolute Gasteiger partial charge is 0.340 e. The van der Waals surface area contributed by atoms with Gasteiger partial charge in [-0.1, -0.05) is 0 Å². The maximum absolute atomic E-state index is 4.70. The first kappa shape index (κ1) is 14.2. The second-order valence-corrected chi connectivity index (χ2v) is 7.69. The fourth-order valence-electron chi connectivity index (χ4n) is 4.17. The highest BCUT2D eigenvalue weighted by atomic mass is 15.3. The second kappa shape index (κ2) is 5.17. The molecule has 5 rings (SSSR count). The fraction of sp³-hybridized carbons (Fsp3) is 0.588. The van der Waals surface area contributed by atoms with Gasteiger partial charge in [0, 0.05) is 55.5 Å². The Morgan fingerprint density at radius 1 is 1.25 bits per heavy atom. The third-order valence-corrected chi connectivity index (χ3v) is 5.45. The smallest absolute Gasteiger partial charge is 0.227 e. The van der Waals surface area contributed by atoms with E-state index in [1.807, 2.05) is 12.3 Å². The van der Waals surface area contributed by atoms with E-state index in [1.54, 1.807) is 0 Å². The number of nitrogens with zero attached hydrogens (tertiary/aromatic N) is 5. The number of aromatic amines is 1. The minimum absolute atomic E-state index is 0.461. The van der Waals surface area contributed by atoms with Crippen LogP contribution >= 0.6 is 0 Å². The van der Waals surface area contributed by atoms with E-state index in [1.165, 1.54) is 38.0 Å². The van der Waals surface area contributed by atoms with Crippen LogP contribution in [0.4, 0.5) is 17.6 Å². The first-order valence-corrected chi connectivity index (χ1v) is 8.78. The summed E-state index contributed by atoms with van der Waals surface area (Å²) in [4.78, 5) is 13.9. The average Bonchev–Trinajstić information content (AvgIpc) is 3.14. The van der Waals surface area contributed by atoms with Gasteiger partial charge >= 0.3 is 0 Å². The van der Waals surface area contributed by atoms with Crippen LogP contribution in [-0.4, -0.2) is 58.3 Å². The van der Waals surface area contributed by atoms with Crippen LogP contribution in [-0.2, 0) is 0 Å². The lowest BCUT2D eigenvalue weighted by atomic mass is 9.79. The minimum atomic E-state index is 0.461. The maximum Gasteiger partial charge on any atom is 0.227 e. The highest BCUT2D eigenvalue weighted by Gasteiger charge is 2.46. The zero-order valence-corrected chi connectivity index (χ0v) is 14.0. The summed E-state index contributed by atoms with van der Waals surface area (Å²) in [5.41, 5.74) is 1.69. The van der Waals surface area contributed by atoms with Crippen LogP contribution in [0.15, 0.2) is 18.3 Å². The van der Waals surface area contributed by atoms with Gasteiger partial charge < -0.3 is 15.1 Å². The summed E-state index contributed by atoms with van der Waals surface area (Å²) in [6, 6.07) is 3.99. The van der Waals surface area contributed by atoms with Crippen LogP contribution in [0.25, 0.3) is 0 Å². The number of nitrogens with one attached hydrogen (secondary N) is 2. The van der Waals surface area contributed by atoms with E-state index in [0.29, 0.717) is 11.3 Å². The van der Waals surface area contributed by atoms with Crippen molar-refractivity contribution >= 4 is 17.6 Å². The monoisotopic (exact) mass is 325 g/mol. The predicted octanol–water partition coefficient (Wildman–Crippen LogP) is 1.96. The van der Waals surface area contributed by atoms with Gasteiger partial charge in [0.05, 0.1) is 0 Å². The van der Waals surface area contributed by atoms with E-state index >= 15 is 0 Å². The highest BCUT2D eigenvalue weighted by Crippen LogP contribution is 2.40. The summed E-state index contributed by atoms with van der Waals surface area (Å²) in [5, 5.41) is 10.8. The Morgan fingerprint density at radius 3 is 2.92 bits per heavy atom. The summed E-state index contributed by atoms with van der Waals surface area (Å²) >= 11 is 0. The fourth-order valence-corrected chi connectivity index (χ4v) is 4.17. The van der Waals surface area contributed by atoms with Crippen molar-refractivity contribution in [3.8, 4) is 0 Å². The molecule has 0 unspecified atom stereocenters. The Kier molecular flexibility index (Phi) is 3.06. The first-order valence-electron chi connectivity index (χ1n) is 8.78. The number of hydrogen-bond donors (Lipinski definition) is 2. The number of anilines is 3. The van der Waals surface area contributed by atoms with Crippen molar-refractivity contribution < 1.29 is 0 Å². The van der Waals surface area contributed by atoms with Crippen LogP contribution in [0.3, 0.4) is 0 Å². The molecular formula is C17H23N7. The second-order valence-electron chi connectivity index (χ2n) is 7.69. The molecule has 0 radical (unpaired) electrons. The maximum atomic E-state index is 4.70. The number of aromatic nitrogens is 4. The molecule has 7 nitrogen and oxygen atoms in total. The number of likely N-dealkylation sites (tertiary alicyclic amines) is 1. The molecule has 0 bridgehead atoms. The molecule has 0 amide bonds. The topological polar surface area (TPSA) is 73.0 Å². The molecule has 4 heterocycles. The lowest BCUT2D eigenvalue weighted by Gasteiger charge is -2.46. The van der Waals surface area contributed by atoms with Crippen LogP contribution in [0.2, 0.25) is 0 Å². The van der Waals surface area contributed by atoms with Gasteiger partial charge in [-0.15, -0.1) is 0 Å². The molecule has 24 heavy (non-hydrogen) atoms. The zero-order valence-electron chi connectivity index (χ0n) is 14.0. The number of rotatable bonds is 4. The van der Waals surface area contributed by atoms with Gasteiger partial charge in [0.1, 0.15) is 5.82 Å². The highest BCUT2D eigenvalue weighted by molar-refractivity contribution is 5.54. The third-order valence-electron chi connectivity index (χ3n) is 5.45. The molecule has 2 N–H and O–H groups in total. The molecule has 2 aromatic heterocycles. The van der Waals surface area contributed by atoms with Gasteiger partial charge in [0.2, 0.25) is 5.95 Å². The lowest BCUT2D eigenvalue weighted by molar-refractivity contribution is 0.0424. The molecule has 0 aromatic carbocycles. The molecule has 1 spiro atoms. The Hall–Kier alpha value is -2.15. The number of H-pyrrole nitrogens is 1. The van der Waals surface area contributed by atoms with E-state index < -0.39 is 0 Å². The molecule has 0 atom stereocenters. The van der Waals surface area contributed by atoms with Crippen molar-refractivity contribution in [2.75, 3.05) is 43.4 Å². The molecule has 3 fully saturated rings. The Morgan fingerprint density at radius 2 is 2.12 bits per heavy atom. The quantitative estimate of drug-likeness (QED) is 0.895. The standard InChI is InChI=1S/C17H23N7/c1-23-9-17(10-23)5-7-24(11-17)16-18-6-4-14(20-16)19-15-8-13(21-22-15)12-2-3-12/h4,6,8,12H,2-3,5,7,9-11H2,1H3,(H2,18,19,20,21,22). The van der Waals surface area contributed by atoms with Gasteiger partial charge in [-0.2, -0.15) is 10.1 Å². The van der Waals surface area contributed by atoms with Gasteiger partial charge in [-0.05, 0) is 32.4 Å². The van der Waals surface area contributed by atoms with Crippen LogP contribution in [0, 0.1) is 5.41 Å². The van der Waals surface area contributed by atoms with Crippen molar-refractivity contribution in [1.29, 1.82) is 0 Å². The van der Waals surface area contributed by atoms with Crippen molar-refractivity contribution in [3.05, 3.63) is 24.0 Å². The van der Waals surface area contributed by atoms with E-state index in [-0.39, 0.29) is 0 Å². The van der Waals surface area contributed by atoms with Crippen molar-refractivity contribution in [2.45, 2.75) is 25.2 Å². The van der Waals surface area contributed by atoms with E-state index in [2.05, 4.69) is 43.4 Å². The Labute approximate surface area is 141 Å². The van der Waals surface area contributed by atoms with E-state index in [4.69, 9.17) is 4.98 Å². The van der Waals surface area contributed by atoms with Gasteiger partial charge in [-0.25, -0.2) is 4.98 Å². The van der Waals surface area contributed by atoms with Crippen molar-refractivity contribution in [3.63, 3.8) is 0 Å². The van der Waals surface area contributed by atoms with E-state index in [0.717, 1.165) is 30.7 Å². The molecule has 1 aliphatic carbocycles. The zero-order chi connectivity index (χ0) is 16.1. The Bertz CT molecular complexity index is 745. The predicted molar refractivity (Wildman–Crippen MR) is 92.6 cm³/mol. The molecule has 3 aliphatic rings. The molecule has 7 heteroatoms. The summed E-state index contributed by atoms with van der Waals surface area (Å²) in [7, 11) is 2.19. The molecule has 126 valence electrons. The molecular weight excluding hydrogens is 302 g/mol. The van der Waals surface area contributed by atoms with Crippen LogP contribution in [0.1, 0.15) is 30.9 Å². The molecule has 2 aromatic rings. The third kappa shape index (κ3) is 2.53. The normalized spacial score (nSPS) is 22.8. The molecule has 1 saturated carbocycles. The minimum Gasteiger partial charge on any atom is -0.340 e. The SMILES string of the molecule is CN1CC2(CCN(c3nccc(Nc4cc(C5CC5)[nH]n4)n3)C2)C1. The first-order chi connectivity index (χ1) is 11.7. The number of hydrogen-bond acceptors (Lipinski definition) is 6. The molecule has 2 saturated heterocycles. The van der Waals surface area contributed by atoms with Gasteiger partial charge in [-0.3, -0.25) is 5.10 Å². The lowest BCUT2D eigenvalue weighted by Crippen LogP contribution is -2.55. The summed E-state index contributed by atoms with van der Waals surface area (Å²) in [5.74, 6) is 3.14. The van der Waals surface area contributed by atoms with Crippen molar-refractivity contribution in [2.24, 2.45) is 5.41 Å². The van der Waals surface area contributed by atoms with Crippen LogP contribution in [0.5, 0.6) is 0 Å². The molecule has 2 aliphatic heterocycles.